The first-order valence-corrected chi connectivity index (χ1v) is 12.3. The summed E-state index contributed by atoms with van der Waals surface area (Å²) < 4.78 is 6.34. The predicted octanol–water partition coefficient (Wildman–Crippen LogP) is 5.50. The Labute approximate surface area is 218 Å². The first-order valence-electron chi connectivity index (χ1n) is 12.3. The summed E-state index contributed by atoms with van der Waals surface area (Å²) in [6.45, 7) is 9.42. The van der Waals surface area contributed by atoms with E-state index in [2.05, 4.69) is 50.8 Å². The number of furan rings is 1. The normalized spacial score (nSPS) is 11.2. The van der Waals surface area contributed by atoms with Crippen LogP contribution in [-0.4, -0.2) is 61.0 Å². The van der Waals surface area contributed by atoms with Gasteiger partial charge in [0.1, 0.15) is 17.9 Å². The Bertz CT molecular complexity index is 1390. The molecule has 0 radical (unpaired) electrons. The molecular weight excluding hydrogens is 464 g/mol. The Kier molecular flexibility index (Phi) is 7.89. The number of carbonyl (C=O) groups excluding carboxylic acids is 1. The van der Waals surface area contributed by atoms with Crippen molar-refractivity contribution in [3.63, 3.8) is 0 Å². The Morgan fingerprint density at radius 1 is 1.05 bits per heavy atom. The summed E-state index contributed by atoms with van der Waals surface area (Å²) in [4.78, 5) is 25.6. The Morgan fingerprint density at radius 3 is 2.49 bits per heavy atom. The highest BCUT2D eigenvalue weighted by atomic mass is 16.3. The molecule has 0 unspecified atom stereocenters. The number of hydrogen-bond donors (Lipinski definition) is 2. The van der Waals surface area contributed by atoms with Gasteiger partial charge in [0.15, 0.2) is 0 Å². The van der Waals surface area contributed by atoms with E-state index in [1.165, 1.54) is 12.4 Å². The lowest BCUT2D eigenvalue weighted by Crippen LogP contribution is -2.29. The third-order valence-corrected chi connectivity index (χ3v) is 5.97. The molecule has 2 aromatic heterocycles. The summed E-state index contributed by atoms with van der Waals surface area (Å²) in [5.41, 5.74) is 4.76. The van der Waals surface area contributed by atoms with Crippen molar-refractivity contribution in [2.24, 2.45) is 0 Å². The quantitative estimate of drug-likeness (QED) is 0.279. The molecule has 8 nitrogen and oxygen atoms in total. The second-order valence-electron chi connectivity index (χ2n) is 9.52. The topological polar surface area (TPSA) is 86.5 Å². The van der Waals surface area contributed by atoms with Gasteiger partial charge < -0.3 is 24.9 Å². The minimum absolute atomic E-state index is 0.163. The Balaban J connectivity index is 1.94. The first kappa shape index (κ1) is 25.9. The molecular formula is C29H34N6O2. The summed E-state index contributed by atoms with van der Waals surface area (Å²) in [6, 6.07) is 16.2. The molecule has 2 aromatic carbocycles. The zero-order valence-electron chi connectivity index (χ0n) is 22.1. The molecule has 192 valence electrons. The maximum absolute atomic E-state index is 12.4. The number of carbonyl (C=O) groups is 1. The summed E-state index contributed by atoms with van der Waals surface area (Å²) in [5.74, 6) is 1.12. The van der Waals surface area contributed by atoms with Crippen molar-refractivity contribution in [3.8, 4) is 22.5 Å². The van der Waals surface area contributed by atoms with Gasteiger partial charge >= 0.3 is 0 Å². The van der Waals surface area contributed by atoms with Crippen LogP contribution >= 0.6 is 0 Å². The molecule has 4 aromatic rings. The van der Waals surface area contributed by atoms with Gasteiger partial charge in [-0.25, -0.2) is 9.97 Å². The summed E-state index contributed by atoms with van der Waals surface area (Å²) in [7, 11) is 6.10. The SMILES string of the molecule is C=CC(=O)Nc1cc(-c2c(-c3ccccc3)oc3ncnc(NC(C)C)c23)ccc1N(C)CCN(C)C. The number of nitrogens with zero attached hydrogens (tertiary/aromatic N) is 4. The molecule has 2 heterocycles. The average Bonchev–Trinajstić information content (AvgIpc) is 3.28. The minimum atomic E-state index is -0.273. The van der Waals surface area contributed by atoms with E-state index in [-0.39, 0.29) is 11.9 Å². The van der Waals surface area contributed by atoms with E-state index in [4.69, 9.17) is 4.42 Å². The molecule has 2 N–H and O–H groups in total. The van der Waals surface area contributed by atoms with Crippen LogP contribution in [0, 0.1) is 0 Å². The second-order valence-corrected chi connectivity index (χ2v) is 9.52. The van der Waals surface area contributed by atoms with E-state index in [9.17, 15) is 4.79 Å². The van der Waals surface area contributed by atoms with Crippen LogP contribution in [0.3, 0.4) is 0 Å². The average molecular weight is 499 g/mol. The largest absolute Gasteiger partial charge is 0.437 e. The van der Waals surface area contributed by atoms with Gasteiger partial charge in [-0.15, -0.1) is 0 Å². The molecule has 37 heavy (non-hydrogen) atoms. The van der Waals surface area contributed by atoms with E-state index >= 15 is 0 Å². The molecule has 0 aliphatic carbocycles. The fraction of sp³-hybridized carbons (Fsp3) is 0.276. The third kappa shape index (κ3) is 5.81. The molecule has 0 aliphatic heterocycles. The smallest absolute Gasteiger partial charge is 0.247 e. The Morgan fingerprint density at radius 2 is 1.81 bits per heavy atom. The number of likely N-dealkylation sites (N-methyl/N-ethyl adjacent to an activating group) is 2. The van der Waals surface area contributed by atoms with Crippen LogP contribution < -0.4 is 15.5 Å². The molecule has 0 spiro atoms. The number of hydrogen-bond acceptors (Lipinski definition) is 7. The van der Waals surface area contributed by atoms with Crippen LogP contribution in [-0.2, 0) is 4.79 Å². The predicted molar refractivity (Wildman–Crippen MR) is 152 cm³/mol. The van der Waals surface area contributed by atoms with Crippen LogP contribution in [0.1, 0.15) is 13.8 Å². The highest BCUT2D eigenvalue weighted by Crippen LogP contribution is 2.44. The highest BCUT2D eigenvalue weighted by molar-refractivity contribution is 6.08. The van der Waals surface area contributed by atoms with Crippen molar-refractivity contribution in [3.05, 3.63) is 67.5 Å². The number of benzene rings is 2. The molecule has 0 saturated carbocycles. The molecule has 0 atom stereocenters. The number of amides is 1. The van der Waals surface area contributed by atoms with Crippen LogP contribution in [0.15, 0.2) is 71.9 Å². The maximum atomic E-state index is 12.4. The monoisotopic (exact) mass is 498 g/mol. The molecule has 0 aliphatic rings. The number of rotatable bonds is 10. The standard InChI is InChI=1S/C29H34N6O2/c1-7-24(36)33-22-17-21(13-14-23(22)35(6)16-15-34(4)5)25-26-28(32-19(2)3)30-18-31-29(26)37-27(25)20-11-9-8-10-12-20/h7-14,17-19H,1,15-16H2,2-6H3,(H,33,36)(H,30,31,32). The third-order valence-electron chi connectivity index (χ3n) is 5.97. The van der Waals surface area contributed by atoms with Gasteiger partial charge in [-0.1, -0.05) is 43.0 Å². The summed E-state index contributed by atoms with van der Waals surface area (Å²) >= 11 is 0. The van der Waals surface area contributed by atoms with E-state index in [1.807, 2.05) is 69.7 Å². The summed E-state index contributed by atoms with van der Waals surface area (Å²) in [6.07, 6.45) is 2.78. The van der Waals surface area contributed by atoms with E-state index in [1.54, 1.807) is 0 Å². The molecule has 1 amide bonds. The number of fused-ring (bicyclic) bond motifs is 1. The number of anilines is 3. The van der Waals surface area contributed by atoms with Crippen molar-refractivity contribution >= 4 is 34.2 Å². The Hall–Kier alpha value is -4.17. The van der Waals surface area contributed by atoms with Crippen molar-refractivity contribution in [2.75, 3.05) is 49.8 Å². The van der Waals surface area contributed by atoms with E-state index in [0.717, 1.165) is 40.9 Å². The lowest BCUT2D eigenvalue weighted by Gasteiger charge is -2.25. The number of aromatic nitrogens is 2. The van der Waals surface area contributed by atoms with E-state index < -0.39 is 0 Å². The molecule has 0 fully saturated rings. The van der Waals surface area contributed by atoms with Crippen LogP contribution in [0.4, 0.5) is 17.2 Å². The van der Waals surface area contributed by atoms with Gasteiger partial charge in [-0.3, -0.25) is 4.79 Å². The number of nitrogens with one attached hydrogen (secondary N) is 2. The van der Waals surface area contributed by atoms with Gasteiger partial charge in [0, 0.05) is 37.3 Å². The molecule has 0 bridgehead atoms. The van der Waals surface area contributed by atoms with Crippen molar-refractivity contribution < 1.29 is 9.21 Å². The van der Waals surface area contributed by atoms with Crippen molar-refractivity contribution in [1.82, 2.24) is 14.9 Å². The van der Waals surface area contributed by atoms with Gasteiger partial charge in [-0.05, 0) is 51.7 Å². The fourth-order valence-electron chi connectivity index (χ4n) is 4.16. The first-order chi connectivity index (χ1) is 17.8. The zero-order chi connectivity index (χ0) is 26.5. The molecule has 4 rings (SSSR count). The van der Waals surface area contributed by atoms with Crippen LogP contribution in [0.25, 0.3) is 33.6 Å². The van der Waals surface area contributed by atoms with Gasteiger partial charge in [-0.2, -0.15) is 0 Å². The highest BCUT2D eigenvalue weighted by Gasteiger charge is 2.23. The minimum Gasteiger partial charge on any atom is -0.437 e. The van der Waals surface area contributed by atoms with Gasteiger partial charge in [0.2, 0.25) is 11.6 Å². The lowest BCUT2D eigenvalue weighted by molar-refractivity contribution is -0.111. The molecule has 8 heteroatoms. The lowest BCUT2D eigenvalue weighted by atomic mass is 9.98. The van der Waals surface area contributed by atoms with E-state index in [0.29, 0.717) is 23.0 Å². The maximum Gasteiger partial charge on any atom is 0.247 e. The second kappa shape index (κ2) is 11.3. The van der Waals surface area contributed by atoms with Crippen LogP contribution in [0.2, 0.25) is 0 Å². The zero-order valence-corrected chi connectivity index (χ0v) is 22.1. The fourth-order valence-corrected chi connectivity index (χ4v) is 4.16. The van der Waals surface area contributed by atoms with Crippen molar-refractivity contribution in [2.45, 2.75) is 19.9 Å². The van der Waals surface area contributed by atoms with Crippen LogP contribution in [0.5, 0.6) is 0 Å². The van der Waals surface area contributed by atoms with Crippen molar-refractivity contribution in [1.29, 1.82) is 0 Å². The summed E-state index contributed by atoms with van der Waals surface area (Å²) in [5, 5.41) is 7.22. The molecule has 0 saturated heterocycles. The van der Waals surface area contributed by atoms with Gasteiger partial charge in [0.25, 0.3) is 0 Å². The van der Waals surface area contributed by atoms with Gasteiger partial charge in [0.05, 0.1) is 16.8 Å².